The Balaban J connectivity index is 2.33. The van der Waals surface area contributed by atoms with Crippen molar-refractivity contribution < 1.29 is 19.4 Å². The first-order valence-corrected chi connectivity index (χ1v) is 6.79. The molecule has 0 heterocycles. The summed E-state index contributed by atoms with van der Waals surface area (Å²) < 4.78 is 10.2. The van der Waals surface area contributed by atoms with Crippen LogP contribution < -0.4 is 9.47 Å². The van der Waals surface area contributed by atoms with Crippen molar-refractivity contribution in [1.82, 2.24) is 0 Å². The third-order valence-corrected chi connectivity index (χ3v) is 3.23. The fourth-order valence-electron chi connectivity index (χ4n) is 2.13. The van der Waals surface area contributed by atoms with Gasteiger partial charge >= 0.3 is 0 Å². The molecule has 0 radical (unpaired) electrons. The van der Waals surface area contributed by atoms with E-state index in [0.717, 1.165) is 11.1 Å². The van der Waals surface area contributed by atoms with Gasteiger partial charge in [-0.05, 0) is 18.6 Å². The molecule has 0 unspecified atom stereocenters. The van der Waals surface area contributed by atoms with Crippen LogP contribution in [0.15, 0.2) is 42.5 Å². The lowest BCUT2D eigenvalue weighted by atomic mass is 10.1. The molecule has 0 aliphatic rings. The molecule has 0 fully saturated rings. The highest BCUT2D eigenvalue weighted by Gasteiger charge is 2.17. The molecule has 2 rings (SSSR count). The van der Waals surface area contributed by atoms with Gasteiger partial charge in [0.25, 0.3) is 0 Å². The van der Waals surface area contributed by atoms with E-state index in [0.29, 0.717) is 5.75 Å². The molecule has 0 atom stereocenters. The number of ketones is 1. The van der Waals surface area contributed by atoms with Crippen molar-refractivity contribution in [1.29, 1.82) is 0 Å². The lowest BCUT2D eigenvalue weighted by Gasteiger charge is -2.10. The highest BCUT2D eigenvalue weighted by Crippen LogP contribution is 2.33. The number of phenols is 1. The van der Waals surface area contributed by atoms with Gasteiger partial charge in [-0.25, -0.2) is 0 Å². The summed E-state index contributed by atoms with van der Waals surface area (Å²) in [4.78, 5) is 12.3. The lowest BCUT2D eigenvalue weighted by molar-refractivity contribution is 0.104. The molecule has 4 heteroatoms. The van der Waals surface area contributed by atoms with E-state index in [2.05, 4.69) is 0 Å². The number of hydrogen-bond donors (Lipinski definition) is 1. The Hall–Kier alpha value is -2.75. The maximum atomic E-state index is 12.3. The zero-order chi connectivity index (χ0) is 16.1. The Morgan fingerprint density at radius 1 is 1.14 bits per heavy atom. The summed E-state index contributed by atoms with van der Waals surface area (Å²) in [6.45, 7) is 1.98. The average molecular weight is 298 g/mol. The summed E-state index contributed by atoms with van der Waals surface area (Å²) in [6.07, 6.45) is 3.12. The molecule has 22 heavy (non-hydrogen) atoms. The van der Waals surface area contributed by atoms with Gasteiger partial charge in [0.15, 0.2) is 5.78 Å². The van der Waals surface area contributed by atoms with Crippen LogP contribution in [-0.4, -0.2) is 25.1 Å². The predicted octanol–water partition coefficient (Wildman–Crippen LogP) is 3.61. The molecule has 114 valence electrons. The van der Waals surface area contributed by atoms with Crippen molar-refractivity contribution in [3.63, 3.8) is 0 Å². The predicted molar refractivity (Wildman–Crippen MR) is 85.8 cm³/mol. The van der Waals surface area contributed by atoms with E-state index in [4.69, 9.17) is 9.47 Å². The summed E-state index contributed by atoms with van der Waals surface area (Å²) in [6, 6.07) is 10.7. The number of hydrogen-bond acceptors (Lipinski definition) is 4. The number of rotatable bonds is 5. The summed E-state index contributed by atoms with van der Waals surface area (Å²) >= 11 is 0. The molecule has 2 aromatic carbocycles. The lowest BCUT2D eigenvalue weighted by Crippen LogP contribution is -2.00. The largest absolute Gasteiger partial charge is 0.507 e. The highest BCUT2D eigenvalue weighted by molar-refractivity contribution is 6.10. The SMILES string of the molecule is COc1cc(O)c(C(=O)/C=C/c2cccc(C)c2)c(OC)c1. The summed E-state index contributed by atoms with van der Waals surface area (Å²) in [5.41, 5.74) is 2.15. The minimum atomic E-state index is -0.335. The van der Waals surface area contributed by atoms with Crippen LogP contribution in [0.1, 0.15) is 21.5 Å². The maximum Gasteiger partial charge on any atom is 0.193 e. The molecule has 0 aliphatic heterocycles. The van der Waals surface area contributed by atoms with Gasteiger partial charge in [0.2, 0.25) is 0 Å². The number of phenolic OH excluding ortho intramolecular Hbond substituents is 1. The van der Waals surface area contributed by atoms with Crippen molar-refractivity contribution in [2.75, 3.05) is 14.2 Å². The van der Waals surface area contributed by atoms with Crippen LogP contribution >= 0.6 is 0 Å². The number of methoxy groups -OCH3 is 2. The normalized spacial score (nSPS) is 10.7. The van der Waals surface area contributed by atoms with Crippen molar-refractivity contribution in [3.8, 4) is 17.2 Å². The van der Waals surface area contributed by atoms with Crippen LogP contribution in [0, 0.1) is 6.92 Å². The molecular formula is C18H18O4. The van der Waals surface area contributed by atoms with E-state index in [1.54, 1.807) is 12.1 Å². The number of carbonyl (C=O) groups is 1. The summed E-state index contributed by atoms with van der Waals surface area (Å²) in [5, 5.41) is 10.0. The van der Waals surface area contributed by atoms with Crippen LogP contribution in [0.25, 0.3) is 6.08 Å². The van der Waals surface area contributed by atoms with E-state index < -0.39 is 0 Å². The minimum Gasteiger partial charge on any atom is -0.507 e. The Morgan fingerprint density at radius 2 is 1.91 bits per heavy atom. The molecule has 0 aliphatic carbocycles. The smallest absolute Gasteiger partial charge is 0.193 e. The number of allylic oxidation sites excluding steroid dienone is 1. The fraction of sp³-hybridized carbons (Fsp3) is 0.167. The standard InChI is InChI=1S/C18H18O4/c1-12-5-4-6-13(9-12)7-8-15(19)18-16(20)10-14(21-2)11-17(18)22-3/h4-11,20H,1-3H3/b8-7+. The van der Waals surface area contributed by atoms with Crippen LogP contribution in [0.4, 0.5) is 0 Å². The second kappa shape index (κ2) is 6.80. The highest BCUT2D eigenvalue weighted by atomic mass is 16.5. The zero-order valence-electron chi connectivity index (χ0n) is 12.8. The van der Waals surface area contributed by atoms with E-state index in [-0.39, 0.29) is 22.8 Å². The van der Waals surface area contributed by atoms with Crippen molar-refractivity contribution in [3.05, 3.63) is 59.2 Å². The molecule has 0 amide bonds. The number of ether oxygens (including phenoxy) is 2. The molecule has 0 spiro atoms. The fourth-order valence-corrected chi connectivity index (χ4v) is 2.13. The first kappa shape index (κ1) is 15.6. The first-order chi connectivity index (χ1) is 10.5. The van der Waals surface area contributed by atoms with Crippen LogP contribution in [0.2, 0.25) is 0 Å². The molecule has 0 saturated heterocycles. The second-order valence-electron chi connectivity index (χ2n) is 4.84. The van der Waals surface area contributed by atoms with Crippen LogP contribution in [0.5, 0.6) is 17.2 Å². The summed E-state index contributed by atoms with van der Waals surface area (Å²) in [7, 11) is 2.92. The van der Waals surface area contributed by atoms with Gasteiger partial charge in [-0.15, -0.1) is 0 Å². The van der Waals surface area contributed by atoms with Crippen molar-refractivity contribution >= 4 is 11.9 Å². The van der Waals surface area contributed by atoms with Gasteiger partial charge in [-0.3, -0.25) is 4.79 Å². The van der Waals surface area contributed by atoms with Crippen LogP contribution in [0.3, 0.4) is 0 Å². The first-order valence-electron chi connectivity index (χ1n) is 6.79. The van der Waals surface area contributed by atoms with Crippen molar-refractivity contribution in [2.24, 2.45) is 0 Å². The van der Waals surface area contributed by atoms with Gasteiger partial charge in [-0.2, -0.15) is 0 Å². The molecule has 2 aromatic rings. The third kappa shape index (κ3) is 3.47. The van der Waals surface area contributed by atoms with E-state index in [9.17, 15) is 9.90 Å². The third-order valence-electron chi connectivity index (χ3n) is 3.23. The Morgan fingerprint density at radius 3 is 2.55 bits per heavy atom. The number of benzene rings is 2. The monoisotopic (exact) mass is 298 g/mol. The number of carbonyl (C=O) groups excluding carboxylic acids is 1. The van der Waals surface area contributed by atoms with Gasteiger partial charge in [-0.1, -0.05) is 35.9 Å². The summed E-state index contributed by atoms with van der Waals surface area (Å²) in [5.74, 6) is 0.193. The Kier molecular flexibility index (Phi) is 4.84. The number of aryl methyl sites for hydroxylation is 1. The van der Waals surface area contributed by atoms with Gasteiger partial charge in [0, 0.05) is 12.1 Å². The molecular weight excluding hydrogens is 280 g/mol. The Bertz CT molecular complexity index is 717. The topological polar surface area (TPSA) is 55.8 Å². The van der Waals surface area contributed by atoms with Crippen LogP contribution in [-0.2, 0) is 0 Å². The van der Waals surface area contributed by atoms with E-state index in [1.807, 2.05) is 31.2 Å². The molecule has 4 nitrogen and oxygen atoms in total. The number of aromatic hydroxyl groups is 1. The van der Waals surface area contributed by atoms with Gasteiger partial charge < -0.3 is 14.6 Å². The molecule has 0 bridgehead atoms. The average Bonchev–Trinajstić information content (AvgIpc) is 2.51. The maximum absolute atomic E-state index is 12.3. The molecule has 1 N–H and O–H groups in total. The quantitative estimate of drug-likeness (QED) is 0.676. The molecule has 0 aromatic heterocycles. The Labute approximate surface area is 129 Å². The van der Waals surface area contributed by atoms with E-state index >= 15 is 0 Å². The molecule has 0 saturated carbocycles. The van der Waals surface area contributed by atoms with Gasteiger partial charge in [0.05, 0.1) is 14.2 Å². The van der Waals surface area contributed by atoms with Gasteiger partial charge in [0.1, 0.15) is 22.8 Å². The van der Waals surface area contributed by atoms with E-state index in [1.165, 1.54) is 26.4 Å². The zero-order valence-corrected chi connectivity index (χ0v) is 12.8. The minimum absolute atomic E-state index is 0.118. The van der Waals surface area contributed by atoms with Crippen molar-refractivity contribution in [2.45, 2.75) is 6.92 Å². The second-order valence-corrected chi connectivity index (χ2v) is 4.84.